The summed E-state index contributed by atoms with van der Waals surface area (Å²) in [6, 6.07) is 8.11. The molecule has 0 bridgehead atoms. The van der Waals surface area contributed by atoms with Gasteiger partial charge in [0.05, 0.1) is 5.71 Å². The van der Waals surface area contributed by atoms with Crippen molar-refractivity contribution in [3.63, 3.8) is 0 Å². The number of hydrogen-bond acceptors (Lipinski definition) is 2. The lowest BCUT2D eigenvalue weighted by atomic mass is 10.0. The minimum atomic E-state index is 0.779. The minimum Gasteiger partial charge on any atom is -0.411 e. The number of nitrogens with zero attached hydrogens (tertiary/aromatic N) is 1. The van der Waals surface area contributed by atoms with Crippen molar-refractivity contribution >= 4 is 16.6 Å². The first-order chi connectivity index (χ1) is 8.27. The first-order valence-electron chi connectivity index (χ1n) is 6.06. The Labute approximate surface area is 101 Å². The molecule has 0 saturated heterocycles. The van der Waals surface area contributed by atoms with E-state index in [9.17, 15) is 5.21 Å². The molecule has 3 nitrogen and oxygen atoms in total. The van der Waals surface area contributed by atoms with E-state index in [4.69, 9.17) is 0 Å². The van der Waals surface area contributed by atoms with E-state index in [0.717, 1.165) is 47.1 Å². The Hall–Kier alpha value is -1.77. The number of benzene rings is 1. The zero-order chi connectivity index (χ0) is 12.3. The van der Waals surface area contributed by atoms with Gasteiger partial charge in [-0.2, -0.15) is 0 Å². The van der Waals surface area contributed by atoms with Crippen LogP contribution in [0.15, 0.2) is 29.4 Å². The molecule has 0 atom stereocenters. The average Bonchev–Trinajstić information content (AvgIpc) is 2.67. The molecule has 90 valence electrons. The minimum absolute atomic E-state index is 0.779. The van der Waals surface area contributed by atoms with Gasteiger partial charge in [0.15, 0.2) is 0 Å². The number of aromatic nitrogens is 1. The highest BCUT2D eigenvalue weighted by atomic mass is 16.4. The topological polar surface area (TPSA) is 48.4 Å². The van der Waals surface area contributed by atoms with Crippen molar-refractivity contribution in [2.45, 2.75) is 33.1 Å². The molecular weight excluding hydrogens is 212 g/mol. The molecule has 3 heteroatoms. The lowest BCUT2D eigenvalue weighted by Gasteiger charge is -2.04. The predicted octanol–water partition coefficient (Wildman–Crippen LogP) is 3.84. The molecule has 2 rings (SSSR count). The molecule has 0 unspecified atom stereocenters. The summed E-state index contributed by atoms with van der Waals surface area (Å²) in [5.74, 6) is 0. The van der Waals surface area contributed by atoms with Crippen molar-refractivity contribution in [1.29, 1.82) is 0 Å². The third-order valence-corrected chi connectivity index (χ3v) is 3.07. The maximum absolute atomic E-state index is 9.18. The fraction of sp³-hybridized carbons (Fsp3) is 0.357. The van der Waals surface area contributed by atoms with E-state index in [1.54, 1.807) is 0 Å². The van der Waals surface area contributed by atoms with E-state index in [1.807, 2.05) is 25.1 Å². The van der Waals surface area contributed by atoms with Crippen LogP contribution in [0.4, 0.5) is 0 Å². The number of aromatic amines is 1. The molecule has 0 aliphatic rings. The summed E-state index contributed by atoms with van der Waals surface area (Å²) in [5.41, 5.74) is 3.99. The summed E-state index contributed by atoms with van der Waals surface area (Å²) in [6.45, 7) is 4.16. The highest BCUT2D eigenvalue weighted by Crippen LogP contribution is 2.24. The normalized spacial score (nSPS) is 12.2. The zero-order valence-corrected chi connectivity index (χ0v) is 10.3. The second-order valence-corrected chi connectivity index (χ2v) is 4.32. The molecule has 17 heavy (non-hydrogen) atoms. The molecule has 1 aromatic carbocycles. The number of H-pyrrole nitrogens is 1. The van der Waals surface area contributed by atoms with Gasteiger partial charge in [0.25, 0.3) is 0 Å². The summed E-state index contributed by atoms with van der Waals surface area (Å²) in [5, 5.41) is 13.8. The van der Waals surface area contributed by atoms with E-state index < -0.39 is 0 Å². The number of para-hydroxylation sites is 1. The Morgan fingerprint density at radius 1 is 1.35 bits per heavy atom. The average molecular weight is 230 g/mol. The SMILES string of the molecule is CCCC/C(=N/O)c1c(C)[nH]c2ccccc12. The second-order valence-electron chi connectivity index (χ2n) is 4.32. The summed E-state index contributed by atoms with van der Waals surface area (Å²) in [6.07, 6.45) is 2.95. The molecule has 0 aliphatic heterocycles. The molecule has 0 fully saturated rings. The molecular formula is C14H18N2O. The highest BCUT2D eigenvalue weighted by Gasteiger charge is 2.13. The number of hydrogen-bond donors (Lipinski definition) is 2. The van der Waals surface area contributed by atoms with Gasteiger partial charge < -0.3 is 10.2 Å². The lowest BCUT2D eigenvalue weighted by molar-refractivity contribution is 0.318. The monoisotopic (exact) mass is 230 g/mol. The van der Waals surface area contributed by atoms with Crippen molar-refractivity contribution in [3.05, 3.63) is 35.5 Å². The molecule has 0 amide bonds. The quantitative estimate of drug-likeness (QED) is 0.468. The van der Waals surface area contributed by atoms with E-state index in [1.165, 1.54) is 0 Å². The number of fused-ring (bicyclic) bond motifs is 1. The molecule has 2 aromatic rings. The van der Waals surface area contributed by atoms with Crippen LogP contribution in [0.1, 0.15) is 37.4 Å². The van der Waals surface area contributed by atoms with E-state index >= 15 is 0 Å². The van der Waals surface area contributed by atoms with Gasteiger partial charge in [-0.15, -0.1) is 0 Å². The van der Waals surface area contributed by atoms with E-state index in [-0.39, 0.29) is 0 Å². The fourth-order valence-electron chi connectivity index (χ4n) is 2.22. The van der Waals surface area contributed by atoms with Gasteiger partial charge in [-0.25, -0.2) is 0 Å². The zero-order valence-electron chi connectivity index (χ0n) is 10.3. The smallest absolute Gasteiger partial charge is 0.0891 e. The van der Waals surface area contributed by atoms with Crippen molar-refractivity contribution in [3.8, 4) is 0 Å². The number of nitrogens with one attached hydrogen (secondary N) is 1. The van der Waals surface area contributed by atoms with Crippen LogP contribution in [0.3, 0.4) is 0 Å². The Bertz CT molecular complexity index is 540. The van der Waals surface area contributed by atoms with Crippen LogP contribution in [0.2, 0.25) is 0 Å². The third-order valence-electron chi connectivity index (χ3n) is 3.07. The largest absolute Gasteiger partial charge is 0.411 e. The molecule has 0 saturated carbocycles. The standard InChI is InChI=1S/C14H18N2O/c1-3-4-8-13(16-17)14-10(2)15-12-9-6-5-7-11(12)14/h5-7,9,15,17H,3-4,8H2,1-2H3/b16-13-. The van der Waals surface area contributed by atoms with Crippen molar-refractivity contribution in [2.75, 3.05) is 0 Å². The summed E-state index contributed by atoms with van der Waals surface area (Å²) in [7, 11) is 0. The van der Waals surface area contributed by atoms with Gasteiger partial charge in [0.2, 0.25) is 0 Å². The molecule has 0 radical (unpaired) electrons. The van der Waals surface area contributed by atoms with Crippen LogP contribution in [0, 0.1) is 6.92 Å². The summed E-state index contributed by atoms with van der Waals surface area (Å²) >= 11 is 0. The predicted molar refractivity (Wildman–Crippen MR) is 70.9 cm³/mol. The Kier molecular flexibility index (Phi) is 3.47. The van der Waals surface area contributed by atoms with Gasteiger partial charge in [0.1, 0.15) is 0 Å². The second kappa shape index (κ2) is 5.04. The molecule has 2 N–H and O–H groups in total. The third kappa shape index (κ3) is 2.18. The van der Waals surface area contributed by atoms with Crippen LogP contribution < -0.4 is 0 Å². The fourth-order valence-corrected chi connectivity index (χ4v) is 2.22. The van der Waals surface area contributed by atoms with Crippen molar-refractivity contribution < 1.29 is 5.21 Å². The number of rotatable bonds is 4. The van der Waals surface area contributed by atoms with Gasteiger partial charge in [-0.05, 0) is 25.8 Å². The van der Waals surface area contributed by atoms with Crippen LogP contribution in [-0.2, 0) is 0 Å². The molecule has 0 aliphatic carbocycles. The van der Waals surface area contributed by atoms with E-state index in [0.29, 0.717) is 0 Å². The molecule has 1 aromatic heterocycles. The molecule has 0 spiro atoms. The summed E-state index contributed by atoms with van der Waals surface area (Å²) in [4.78, 5) is 3.33. The molecule has 1 heterocycles. The highest BCUT2D eigenvalue weighted by molar-refractivity contribution is 6.11. The Balaban J connectivity index is 2.49. The van der Waals surface area contributed by atoms with E-state index in [2.05, 4.69) is 23.1 Å². The van der Waals surface area contributed by atoms with Crippen LogP contribution in [0.25, 0.3) is 10.9 Å². The first kappa shape index (κ1) is 11.7. The maximum atomic E-state index is 9.18. The maximum Gasteiger partial charge on any atom is 0.0891 e. The van der Waals surface area contributed by atoms with Gasteiger partial charge in [-0.1, -0.05) is 36.7 Å². The van der Waals surface area contributed by atoms with Gasteiger partial charge in [-0.3, -0.25) is 0 Å². The number of aryl methyl sites for hydroxylation is 1. The van der Waals surface area contributed by atoms with Gasteiger partial charge >= 0.3 is 0 Å². The van der Waals surface area contributed by atoms with Crippen LogP contribution in [-0.4, -0.2) is 15.9 Å². The number of unbranched alkanes of at least 4 members (excludes halogenated alkanes) is 1. The van der Waals surface area contributed by atoms with Crippen molar-refractivity contribution in [1.82, 2.24) is 4.98 Å². The first-order valence-corrected chi connectivity index (χ1v) is 6.06. The van der Waals surface area contributed by atoms with Crippen LogP contribution in [0.5, 0.6) is 0 Å². The van der Waals surface area contributed by atoms with Crippen LogP contribution >= 0.6 is 0 Å². The lowest BCUT2D eigenvalue weighted by Crippen LogP contribution is -2.02. The Morgan fingerprint density at radius 2 is 2.12 bits per heavy atom. The summed E-state index contributed by atoms with van der Waals surface area (Å²) < 4.78 is 0. The number of oxime groups is 1. The van der Waals surface area contributed by atoms with Gasteiger partial charge in [0, 0.05) is 22.2 Å². The Morgan fingerprint density at radius 3 is 2.82 bits per heavy atom. The van der Waals surface area contributed by atoms with Crippen molar-refractivity contribution in [2.24, 2.45) is 5.16 Å².